The van der Waals surface area contributed by atoms with Crippen molar-refractivity contribution in [1.29, 1.82) is 0 Å². The van der Waals surface area contributed by atoms with Crippen LogP contribution in [-0.2, 0) is 4.74 Å². The zero-order valence-corrected chi connectivity index (χ0v) is 13.8. The number of benzene rings is 1. The quantitative estimate of drug-likeness (QED) is 0.731. The van der Waals surface area contributed by atoms with E-state index in [1.54, 1.807) is 18.3 Å². The Balaban J connectivity index is 1.58. The van der Waals surface area contributed by atoms with E-state index in [-0.39, 0.29) is 11.9 Å². The maximum Gasteiger partial charge on any atom is 0.254 e. The van der Waals surface area contributed by atoms with Gasteiger partial charge in [-0.05, 0) is 31.2 Å². The minimum Gasteiger partial charge on any atom is -0.464 e. The lowest BCUT2D eigenvalue weighted by molar-refractivity contribution is -0.00894. The molecule has 0 saturated carbocycles. The molecule has 4 rings (SSSR count). The Morgan fingerprint density at radius 2 is 2.04 bits per heavy atom. The van der Waals surface area contributed by atoms with E-state index >= 15 is 0 Å². The molecule has 25 heavy (non-hydrogen) atoms. The van der Waals surface area contributed by atoms with Gasteiger partial charge >= 0.3 is 0 Å². The highest BCUT2D eigenvalue weighted by Gasteiger charge is 2.31. The summed E-state index contributed by atoms with van der Waals surface area (Å²) in [5.41, 5.74) is 1.51. The standard InChI is InChI=1S/C19H18N2O4/c1-13-2-7-17(25-13)16-11-23-9-8-21(16)19(22)15-5-3-14(4-6-15)18-10-20-12-24-18/h2-7,10,12,16H,8-9,11H2,1H3. The van der Waals surface area contributed by atoms with Gasteiger partial charge in [-0.3, -0.25) is 4.79 Å². The number of aromatic nitrogens is 1. The van der Waals surface area contributed by atoms with Crippen molar-refractivity contribution in [3.63, 3.8) is 0 Å². The first-order valence-corrected chi connectivity index (χ1v) is 8.16. The molecule has 1 atom stereocenters. The van der Waals surface area contributed by atoms with Crippen LogP contribution in [0, 0.1) is 6.92 Å². The maximum absolute atomic E-state index is 13.0. The van der Waals surface area contributed by atoms with Gasteiger partial charge in [-0.15, -0.1) is 0 Å². The predicted molar refractivity (Wildman–Crippen MR) is 90.0 cm³/mol. The van der Waals surface area contributed by atoms with Gasteiger partial charge in [-0.1, -0.05) is 12.1 Å². The molecule has 0 radical (unpaired) electrons. The van der Waals surface area contributed by atoms with Crippen LogP contribution in [0.5, 0.6) is 0 Å². The molecule has 1 aromatic carbocycles. The summed E-state index contributed by atoms with van der Waals surface area (Å²) in [5.74, 6) is 2.22. The van der Waals surface area contributed by atoms with Crippen LogP contribution in [-0.4, -0.2) is 35.5 Å². The number of carbonyl (C=O) groups is 1. The van der Waals surface area contributed by atoms with Crippen LogP contribution in [0.15, 0.2) is 57.8 Å². The van der Waals surface area contributed by atoms with Gasteiger partial charge in [0, 0.05) is 17.7 Å². The van der Waals surface area contributed by atoms with E-state index in [2.05, 4.69) is 4.98 Å². The molecular formula is C19H18N2O4. The van der Waals surface area contributed by atoms with Gasteiger partial charge in [0.15, 0.2) is 12.2 Å². The van der Waals surface area contributed by atoms with Crippen molar-refractivity contribution >= 4 is 5.91 Å². The molecule has 6 nitrogen and oxygen atoms in total. The Morgan fingerprint density at radius 1 is 1.20 bits per heavy atom. The van der Waals surface area contributed by atoms with Crippen LogP contribution in [0.3, 0.4) is 0 Å². The molecule has 0 N–H and O–H groups in total. The second-order valence-electron chi connectivity index (χ2n) is 5.98. The molecule has 1 fully saturated rings. The Bertz CT molecular complexity index is 852. The van der Waals surface area contributed by atoms with Crippen LogP contribution in [0.25, 0.3) is 11.3 Å². The number of furan rings is 1. The monoisotopic (exact) mass is 338 g/mol. The fraction of sp³-hybridized carbons (Fsp3) is 0.263. The summed E-state index contributed by atoms with van der Waals surface area (Å²) in [6.45, 7) is 3.39. The minimum absolute atomic E-state index is 0.0357. The highest BCUT2D eigenvalue weighted by molar-refractivity contribution is 5.95. The normalized spacial score (nSPS) is 17.6. The lowest BCUT2D eigenvalue weighted by Gasteiger charge is -2.34. The van der Waals surface area contributed by atoms with Gasteiger partial charge in [-0.25, -0.2) is 4.98 Å². The Labute approximate surface area is 145 Å². The first-order chi connectivity index (χ1) is 12.2. The average Bonchev–Trinajstić information content (AvgIpc) is 3.33. The van der Waals surface area contributed by atoms with E-state index < -0.39 is 0 Å². The van der Waals surface area contributed by atoms with E-state index in [1.165, 1.54) is 6.39 Å². The maximum atomic E-state index is 13.0. The first kappa shape index (κ1) is 15.7. The number of rotatable bonds is 3. The molecule has 1 aliphatic rings. The summed E-state index contributed by atoms with van der Waals surface area (Å²) < 4.78 is 16.5. The molecule has 3 aromatic rings. The third-order valence-corrected chi connectivity index (χ3v) is 4.33. The van der Waals surface area contributed by atoms with Crippen molar-refractivity contribution in [1.82, 2.24) is 9.88 Å². The predicted octanol–water partition coefficient (Wildman–Crippen LogP) is 3.46. The molecule has 1 unspecified atom stereocenters. The van der Waals surface area contributed by atoms with Crippen molar-refractivity contribution in [2.45, 2.75) is 13.0 Å². The largest absolute Gasteiger partial charge is 0.464 e. The van der Waals surface area contributed by atoms with Crippen molar-refractivity contribution in [3.05, 3.63) is 66.1 Å². The highest BCUT2D eigenvalue weighted by Crippen LogP contribution is 2.28. The second-order valence-corrected chi connectivity index (χ2v) is 5.98. The third-order valence-electron chi connectivity index (χ3n) is 4.33. The van der Waals surface area contributed by atoms with E-state index in [9.17, 15) is 4.79 Å². The molecule has 2 aromatic heterocycles. The zero-order chi connectivity index (χ0) is 17.2. The van der Waals surface area contributed by atoms with Gasteiger partial charge in [-0.2, -0.15) is 0 Å². The fourth-order valence-corrected chi connectivity index (χ4v) is 3.02. The van der Waals surface area contributed by atoms with Gasteiger partial charge in [0.05, 0.1) is 19.4 Å². The van der Waals surface area contributed by atoms with Crippen LogP contribution in [0.4, 0.5) is 0 Å². The smallest absolute Gasteiger partial charge is 0.254 e. The fourth-order valence-electron chi connectivity index (χ4n) is 3.02. The second kappa shape index (κ2) is 6.57. The minimum atomic E-state index is -0.205. The van der Waals surface area contributed by atoms with E-state index in [1.807, 2.05) is 36.1 Å². The summed E-state index contributed by atoms with van der Waals surface area (Å²) in [6, 6.07) is 10.9. The molecule has 1 aliphatic heterocycles. The van der Waals surface area contributed by atoms with E-state index in [4.69, 9.17) is 13.6 Å². The van der Waals surface area contributed by atoms with Crippen LogP contribution in [0.1, 0.15) is 27.9 Å². The summed E-state index contributed by atoms with van der Waals surface area (Å²) in [7, 11) is 0. The topological polar surface area (TPSA) is 68.7 Å². The number of oxazole rings is 1. The summed E-state index contributed by atoms with van der Waals surface area (Å²) >= 11 is 0. The number of carbonyl (C=O) groups excluding carboxylic acids is 1. The SMILES string of the molecule is Cc1ccc(C2COCCN2C(=O)c2ccc(-c3cnco3)cc2)o1. The van der Waals surface area contributed by atoms with Crippen molar-refractivity contribution < 1.29 is 18.4 Å². The molecule has 3 heterocycles. The van der Waals surface area contributed by atoms with Gasteiger partial charge in [0.1, 0.15) is 17.6 Å². The van der Waals surface area contributed by atoms with Gasteiger partial charge in [0.2, 0.25) is 0 Å². The Hall–Kier alpha value is -2.86. The molecule has 0 bridgehead atoms. The van der Waals surface area contributed by atoms with E-state index in [0.717, 1.165) is 17.1 Å². The van der Waals surface area contributed by atoms with Crippen LogP contribution >= 0.6 is 0 Å². The zero-order valence-electron chi connectivity index (χ0n) is 13.8. The molecule has 0 aliphatic carbocycles. The lowest BCUT2D eigenvalue weighted by Crippen LogP contribution is -2.43. The summed E-state index contributed by atoms with van der Waals surface area (Å²) in [6.07, 6.45) is 3.03. The third kappa shape index (κ3) is 3.08. The number of hydrogen-bond donors (Lipinski definition) is 0. The number of amides is 1. The van der Waals surface area contributed by atoms with Crippen molar-refractivity contribution in [2.75, 3.05) is 19.8 Å². The number of hydrogen-bond acceptors (Lipinski definition) is 5. The van der Waals surface area contributed by atoms with Crippen molar-refractivity contribution in [3.8, 4) is 11.3 Å². The average molecular weight is 338 g/mol. The van der Waals surface area contributed by atoms with E-state index in [0.29, 0.717) is 31.1 Å². The number of aryl methyl sites for hydroxylation is 1. The molecule has 1 amide bonds. The summed E-state index contributed by atoms with van der Waals surface area (Å²) in [5, 5.41) is 0. The van der Waals surface area contributed by atoms with Crippen LogP contribution in [0.2, 0.25) is 0 Å². The number of morpholine rings is 1. The van der Waals surface area contributed by atoms with Gasteiger partial charge < -0.3 is 18.5 Å². The number of nitrogens with zero attached hydrogens (tertiary/aromatic N) is 2. The molecule has 128 valence electrons. The molecular weight excluding hydrogens is 320 g/mol. The summed E-state index contributed by atoms with van der Waals surface area (Å²) in [4.78, 5) is 18.7. The molecule has 1 saturated heterocycles. The first-order valence-electron chi connectivity index (χ1n) is 8.16. The lowest BCUT2D eigenvalue weighted by atomic mass is 10.1. The van der Waals surface area contributed by atoms with Gasteiger partial charge in [0.25, 0.3) is 5.91 Å². The van der Waals surface area contributed by atoms with Crippen LogP contribution < -0.4 is 0 Å². The molecule has 0 spiro atoms. The molecule has 6 heteroatoms. The Morgan fingerprint density at radius 3 is 2.72 bits per heavy atom. The number of ether oxygens (including phenoxy) is 1. The van der Waals surface area contributed by atoms with Crippen molar-refractivity contribution in [2.24, 2.45) is 0 Å². The highest BCUT2D eigenvalue weighted by atomic mass is 16.5. The Kier molecular flexibility index (Phi) is 4.11.